The van der Waals surface area contributed by atoms with Crippen LogP contribution in [-0.4, -0.2) is 50.3 Å². The lowest BCUT2D eigenvalue weighted by Gasteiger charge is -2.20. The summed E-state index contributed by atoms with van der Waals surface area (Å²) in [5.41, 5.74) is 0.172. The highest BCUT2D eigenvalue weighted by Gasteiger charge is 2.34. The van der Waals surface area contributed by atoms with E-state index < -0.39 is 17.6 Å². The highest BCUT2D eigenvalue weighted by molar-refractivity contribution is 6.00. The molecule has 1 heterocycles. The van der Waals surface area contributed by atoms with Crippen LogP contribution in [0.2, 0.25) is 0 Å². The number of alkyl carbamates (subject to hydrolysis) is 1. The molecule has 0 saturated carbocycles. The van der Waals surface area contributed by atoms with Crippen LogP contribution in [0.5, 0.6) is 5.75 Å². The Morgan fingerprint density at radius 3 is 2.37 bits per heavy atom. The molecule has 8 heteroatoms. The first-order valence-electron chi connectivity index (χ1n) is 8.88. The van der Waals surface area contributed by atoms with Gasteiger partial charge in [0.25, 0.3) is 0 Å². The zero-order valence-corrected chi connectivity index (χ0v) is 16.2. The number of carbonyl (C=O) groups is 3. The van der Waals surface area contributed by atoms with Gasteiger partial charge in [-0.15, -0.1) is 0 Å². The van der Waals surface area contributed by atoms with Gasteiger partial charge in [0.15, 0.2) is 0 Å². The molecule has 2 N–H and O–H groups in total. The smallest absolute Gasteiger partial charge is 0.407 e. The number of carbonyl (C=O) groups excluding carboxylic acids is 3. The predicted molar refractivity (Wildman–Crippen MR) is 101 cm³/mol. The number of hydrogen-bond acceptors (Lipinski definition) is 5. The van der Waals surface area contributed by atoms with Gasteiger partial charge in [-0.1, -0.05) is 0 Å². The maximum absolute atomic E-state index is 12.3. The zero-order valence-electron chi connectivity index (χ0n) is 16.2. The van der Waals surface area contributed by atoms with Crippen molar-refractivity contribution >= 4 is 23.6 Å². The molecule has 0 unspecified atom stereocenters. The molecule has 8 nitrogen and oxygen atoms in total. The van der Waals surface area contributed by atoms with Gasteiger partial charge in [0.2, 0.25) is 11.8 Å². The highest BCUT2D eigenvalue weighted by atomic mass is 16.6. The van der Waals surface area contributed by atoms with Crippen LogP contribution >= 0.6 is 0 Å². The SMILES string of the molecule is COc1ccc(N2C[C@@H](C(=O)NCCNC(=O)OC(C)(C)C)CC2=O)cc1. The topological polar surface area (TPSA) is 97.0 Å². The molecule has 1 aliphatic heterocycles. The number of hydrogen-bond donors (Lipinski definition) is 2. The number of anilines is 1. The molecule has 1 saturated heterocycles. The van der Waals surface area contributed by atoms with Crippen molar-refractivity contribution in [1.82, 2.24) is 10.6 Å². The quantitative estimate of drug-likeness (QED) is 0.736. The van der Waals surface area contributed by atoms with Crippen molar-refractivity contribution in [2.75, 3.05) is 31.6 Å². The number of amides is 3. The number of nitrogens with one attached hydrogen (secondary N) is 2. The first-order chi connectivity index (χ1) is 12.7. The lowest BCUT2D eigenvalue weighted by Crippen LogP contribution is -2.40. The second-order valence-electron chi connectivity index (χ2n) is 7.32. The molecule has 1 fully saturated rings. The molecule has 3 amide bonds. The van der Waals surface area contributed by atoms with Gasteiger partial charge in [-0.05, 0) is 45.0 Å². The van der Waals surface area contributed by atoms with Gasteiger partial charge < -0.3 is 25.0 Å². The minimum absolute atomic E-state index is 0.0906. The third-order valence-electron chi connectivity index (χ3n) is 3.97. The number of nitrogens with zero attached hydrogens (tertiary/aromatic N) is 1. The summed E-state index contributed by atoms with van der Waals surface area (Å²) in [6.45, 7) is 6.19. The minimum atomic E-state index is -0.567. The van der Waals surface area contributed by atoms with Crippen LogP contribution in [0.1, 0.15) is 27.2 Å². The summed E-state index contributed by atoms with van der Waals surface area (Å²) < 4.78 is 10.2. The van der Waals surface area contributed by atoms with Gasteiger partial charge in [-0.3, -0.25) is 9.59 Å². The molecule has 148 valence electrons. The second-order valence-corrected chi connectivity index (χ2v) is 7.32. The van der Waals surface area contributed by atoms with Crippen LogP contribution < -0.4 is 20.3 Å². The molecule has 0 spiro atoms. The lowest BCUT2D eigenvalue weighted by molar-refractivity contribution is -0.126. The Kier molecular flexibility index (Phi) is 6.65. The zero-order chi connectivity index (χ0) is 20.0. The van der Waals surface area contributed by atoms with E-state index in [-0.39, 0.29) is 31.3 Å². The van der Waals surface area contributed by atoms with E-state index in [1.807, 2.05) is 0 Å². The van der Waals surface area contributed by atoms with Crippen LogP contribution in [0.4, 0.5) is 10.5 Å². The first kappa shape index (κ1) is 20.5. The third-order valence-corrected chi connectivity index (χ3v) is 3.97. The number of rotatable bonds is 6. The van der Waals surface area contributed by atoms with E-state index in [0.717, 1.165) is 5.69 Å². The van der Waals surface area contributed by atoms with E-state index in [9.17, 15) is 14.4 Å². The molecule has 0 radical (unpaired) electrons. The average molecular weight is 377 g/mol. The Labute approximate surface area is 159 Å². The van der Waals surface area contributed by atoms with Gasteiger partial charge in [0.05, 0.1) is 13.0 Å². The molecule has 27 heavy (non-hydrogen) atoms. The maximum Gasteiger partial charge on any atom is 0.407 e. The van der Waals surface area contributed by atoms with Gasteiger partial charge in [0, 0.05) is 31.7 Å². The Hall–Kier alpha value is -2.77. The van der Waals surface area contributed by atoms with E-state index in [4.69, 9.17) is 9.47 Å². The molecule has 1 aromatic carbocycles. The van der Waals surface area contributed by atoms with Gasteiger partial charge in [-0.2, -0.15) is 0 Å². The van der Waals surface area contributed by atoms with E-state index >= 15 is 0 Å². The van der Waals surface area contributed by atoms with Crippen molar-refractivity contribution in [1.29, 1.82) is 0 Å². The van der Waals surface area contributed by atoms with Crippen LogP contribution in [0.15, 0.2) is 24.3 Å². The lowest BCUT2D eigenvalue weighted by atomic mass is 10.1. The van der Waals surface area contributed by atoms with E-state index in [0.29, 0.717) is 12.3 Å². The summed E-state index contributed by atoms with van der Waals surface area (Å²) in [5, 5.41) is 5.32. The molecular weight excluding hydrogens is 350 g/mol. The van der Waals surface area contributed by atoms with Crippen molar-refractivity contribution in [3.05, 3.63) is 24.3 Å². The second kappa shape index (κ2) is 8.75. The number of ether oxygens (including phenoxy) is 2. The van der Waals surface area contributed by atoms with Crippen LogP contribution in [0.3, 0.4) is 0 Å². The Balaban J connectivity index is 1.77. The summed E-state index contributed by atoms with van der Waals surface area (Å²) in [7, 11) is 1.58. The van der Waals surface area contributed by atoms with Crippen molar-refractivity contribution in [2.45, 2.75) is 32.8 Å². The summed E-state index contributed by atoms with van der Waals surface area (Å²) in [6, 6.07) is 7.14. The summed E-state index contributed by atoms with van der Waals surface area (Å²) in [6.07, 6.45) is -0.365. The minimum Gasteiger partial charge on any atom is -0.497 e. The predicted octanol–water partition coefficient (Wildman–Crippen LogP) is 1.69. The highest BCUT2D eigenvalue weighted by Crippen LogP contribution is 2.26. The summed E-state index contributed by atoms with van der Waals surface area (Å²) in [4.78, 5) is 37.7. The van der Waals surface area contributed by atoms with E-state index in [1.165, 1.54) is 0 Å². The van der Waals surface area contributed by atoms with Gasteiger partial charge >= 0.3 is 6.09 Å². The molecule has 0 aromatic heterocycles. The molecule has 0 bridgehead atoms. The fraction of sp³-hybridized carbons (Fsp3) is 0.526. The number of methoxy groups -OCH3 is 1. The van der Waals surface area contributed by atoms with Gasteiger partial charge in [0.1, 0.15) is 11.4 Å². The van der Waals surface area contributed by atoms with Crippen LogP contribution in [0, 0.1) is 5.92 Å². The van der Waals surface area contributed by atoms with E-state index in [2.05, 4.69) is 10.6 Å². The van der Waals surface area contributed by atoms with Crippen molar-refractivity contribution in [2.24, 2.45) is 5.92 Å². The number of benzene rings is 1. The standard InChI is InChI=1S/C19H27N3O5/c1-19(2,3)27-18(25)21-10-9-20-17(24)13-11-16(23)22(12-13)14-5-7-15(26-4)8-6-14/h5-8,13H,9-12H2,1-4H3,(H,20,24)(H,21,25)/t13-/m0/s1. The molecule has 2 rings (SSSR count). The van der Waals surface area contributed by atoms with Crippen LogP contribution in [-0.2, 0) is 14.3 Å². The van der Waals surface area contributed by atoms with Crippen LogP contribution in [0.25, 0.3) is 0 Å². The van der Waals surface area contributed by atoms with Crippen molar-refractivity contribution in [3.8, 4) is 5.75 Å². The molecule has 1 atom stereocenters. The molecule has 1 aromatic rings. The Morgan fingerprint density at radius 1 is 1.15 bits per heavy atom. The molecular formula is C19H27N3O5. The summed E-state index contributed by atoms with van der Waals surface area (Å²) >= 11 is 0. The fourth-order valence-electron chi connectivity index (χ4n) is 2.70. The Morgan fingerprint density at radius 2 is 1.78 bits per heavy atom. The Bertz CT molecular complexity index is 682. The van der Waals surface area contributed by atoms with Crippen molar-refractivity contribution < 1.29 is 23.9 Å². The molecule has 0 aliphatic carbocycles. The monoisotopic (exact) mass is 377 g/mol. The molecule has 1 aliphatic rings. The normalized spacial score (nSPS) is 16.8. The maximum atomic E-state index is 12.3. The van der Waals surface area contributed by atoms with Crippen molar-refractivity contribution in [3.63, 3.8) is 0 Å². The summed E-state index contributed by atoms with van der Waals surface area (Å²) in [5.74, 6) is -0.00384. The first-order valence-corrected chi connectivity index (χ1v) is 8.88. The fourth-order valence-corrected chi connectivity index (χ4v) is 2.70. The van der Waals surface area contributed by atoms with Gasteiger partial charge in [-0.25, -0.2) is 4.79 Å². The largest absolute Gasteiger partial charge is 0.497 e. The van der Waals surface area contributed by atoms with E-state index in [1.54, 1.807) is 57.0 Å². The third kappa shape index (κ3) is 6.16. The average Bonchev–Trinajstić information content (AvgIpc) is 2.99.